The summed E-state index contributed by atoms with van der Waals surface area (Å²) in [5, 5.41) is 29.1. The molecule has 1 aromatic heterocycles. The number of aliphatic hydroxyl groups excluding tert-OH is 2. The maximum atomic E-state index is 13.1. The van der Waals surface area contributed by atoms with Gasteiger partial charge in [0, 0.05) is 6.20 Å². The summed E-state index contributed by atoms with van der Waals surface area (Å²) in [6.45, 7) is -1.82. The number of rotatable bonds is 3. The number of alkyl halides is 1. The van der Waals surface area contributed by atoms with Gasteiger partial charge in [-0.05, 0) is 18.3 Å². The van der Waals surface area contributed by atoms with Gasteiger partial charge in [0.05, 0.1) is 6.61 Å². The van der Waals surface area contributed by atoms with Crippen molar-refractivity contribution in [3.63, 3.8) is 0 Å². The number of nitrogens with zero attached hydrogens (tertiary/aromatic N) is 2. The molecule has 0 amide bonds. The minimum absolute atomic E-state index is 0.0253. The first-order valence-corrected chi connectivity index (χ1v) is 5.92. The fourth-order valence-electron chi connectivity index (χ4n) is 2.02. The second-order valence-electron chi connectivity index (χ2n) is 4.32. The summed E-state index contributed by atoms with van der Waals surface area (Å²) in [4.78, 5) is 3.79. The predicted octanol–water partition coefficient (Wildman–Crippen LogP) is -0.854. The Bertz CT molecular complexity index is 528. The summed E-state index contributed by atoms with van der Waals surface area (Å²) in [5.41, 5.74) is 3.24. The Balaban J connectivity index is 2.45. The highest BCUT2D eigenvalue weighted by molar-refractivity contribution is 7.71. The molecule has 0 saturated carbocycles. The van der Waals surface area contributed by atoms with E-state index in [1.807, 2.05) is 0 Å². The van der Waals surface area contributed by atoms with Crippen LogP contribution in [0.1, 0.15) is 6.23 Å². The molecule has 1 unspecified atom stereocenters. The SMILES string of the molecule is Nc1ccn([C@@H]2O[C@H](CO)C(O)[C@]2(O)CF)c(=S)n1. The van der Waals surface area contributed by atoms with Crippen molar-refractivity contribution in [1.82, 2.24) is 9.55 Å². The lowest BCUT2D eigenvalue weighted by molar-refractivity contribution is -0.120. The van der Waals surface area contributed by atoms with Crippen LogP contribution in [0.4, 0.5) is 10.2 Å². The maximum absolute atomic E-state index is 13.1. The van der Waals surface area contributed by atoms with E-state index in [0.717, 1.165) is 0 Å². The molecular weight excluding hydrogens is 277 g/mol. The molecule has 4 atom stereocenters. The van der Waals surface area contributed by atoms with Crippen LogP contribution in [0.3, 0.4) is 0 Å². The molecule has 1 fully saturated rings. The van der Waals surface area contributed by atoms with Crippen molar-refractivity contribution >= 4 is 18.0 Å². The Kier molecular flexibility index (Phi) is 3.83. The Morgan fingerprint density at radius 2 is 2.32 bits per heavy atom. The van der Waals surface area contributed by atoms with Crippen LogP contribution in [0.15, 0.2) is 12.3 Å². The van der Waals surface area contributed by atoms with Gasteiger partial charge in [-0.15, -0.1) is 0 Å². The molecule has 1 saturated heterocycles. The van der Waals surface area contributed by atoms with Crippen LogP contribution in [-0.4, -0.2) is 56.0 Å². The zero-order valence-corrected chi connectivity index (χ0v) is 10.6. The van der Waals surface area contributed by atoms with Crippen molar-refractivity contribution in [1.29, 1.82) is 0 Å². The molecule has 5 N–H and O–H groups in total. The molecule has 9 heteroatoms. The summed E-state index contributed by atoms with van der Waals surface area (Å²) in [6.07, 6.45) is -2.59. The van der Waals surface area contributed by atoms with Crippen molar-refractivity contribution in [2.24, 2.45) is 0 Å². The highest BCUT2D eigenvalue weighted by atomic mass is 32.1. The molecule has 7 nitrogen and oxygen atoms in total. The van der Waals surface area contributed by atoms with Gasteiger partial charge in [-0.25, -0.2) is 9.37 Å². The Morgan fingerprint density at radius 1 is 1.63 bits per heavy atom. The standard InChI is InChI=1S/C10H14FN3O4S/c11-4-10(17)7(16)5(3-15)18-8(10)14-2-1-6(12)13-9(14)19/h1-2,5,7-8,15-17H,3-4H2,(H2,12,13,19)/t5-,7?,8-,10-/m1/s1. The van der Waals surface area contributed by atoms with E-state index in [-0.39, 0.29) is 10.6 Å². The van der Waals surface area contributed by atoms with Crippen molar-refractivity contribution in [3.05, 3.63) is 17.0 Å². The molecule has 0 radical (unpaired) electrons. The lowest BCUT2D eigenvalue weighted by Crippen LogP contribution is -2.49. The van der Waals surface area contributed by atoms with Gasteiger partial charge in [0.25, 0.3) is 0 Å². The van der Waals surface area contributed by atoms with Gasteiger partial charge >= 0.3 is 0 Å². The van der Waals surface area contributed by atoms with Crippen molar-refractivity contribution in [3.8, 4) is 0 Å². The molecule has 1 aliphatic heterocycles. The number of halogens is 1. The van der Waals surface area contributed by atoms with Crippen LogP contribution in [0.2, 0.25) is 0 Å². The number of hydrogen-bond donors (Lipinski definition) is 4. The predicted molar refractivity (Wildman–Crippen MR) is 65.4 cm³/mol. The van der Waals surface area contributed by atoms with Gasteiger partial charge in [-0.3, -0.25) is 4.57 Å². The van der Waals surface area contributed by atoms with E-state index >= 15 is 0 Å². The first kappa shape index (κ1) is 14.3. The first-order chi connectivity index (χ1) is 8.93. The summed E-state index contributed by atoms with van der Waals surface area (Å²) in [7, 11) is 0. The van der Waals surface area contributed by atoms with Gasteiger partial charge in [0.1, 0.15) is 24.7 Å². The third kappa shape index (κ3) is 2.23. The molecule has 1 aromatic rings. The second-order valence-corrected chi connectivity index (χ2v) is 4.69. The van der Waals surface area contributed by atoms with Gasteiger partial charge < -0.3 is 25.8 Å². The molecule has 0 aromatic carbocycles. The Labute approximate surface area is 113 Å². The maximum Gasteiger partial charge on any atom is 0.203 e. The zero-order valence-electron chi connectivity index (χ0n) is 9.81. The third-order valence-electron chi connectivity index (χ3n) is 3.09. The average Bonchev–Trinajstić information content (AvgIpc) is 2.63. The lowest BCUT2D eigenvalue weighted by Gasteiger charge is -2.29. The number of hydrogen-bond acceptors (Lipinski definition) is 7. The minimum Gasteiger partial charge on any atom is -0.394 e. The molecule has 106 valence electrons. The lowest BCUT2D eigenvalue weighted by atomic mass is 9.95. The van der Waals surface area contributed by atoms with Crippen LogP contribution in [0.25, 0.3) is 0 Å². The normalized spacial score (nSPS) is 34.6. The number of nitrogens with two attached hydrogens (primary N) is 1. The highest BCUT2D eigenvalue weighted by Crippen LogP contribution is 2.38. The monoisotopic (exact) mass is 291 g/mol. The quantitative estimate of drug-likeness (QED) is 0.536. The summed E-state index contributed by atoms with van der Waals surface area (Å²) >= 11 is 4.95. The van der Waals surface area contributed by atoms with Crippen LogP contribution < -0.4 is 5.73 Å². The highest BCUT2D eigenvalue weighted by Gasteiger charge is 2.56. The molecule has 2 heterocycles. The molecule has 0 aliphatic carbocycles. The Morgan fingerprint density at radius 3 is 2.84 bits per heavy atom. The second kappa shape index (κ2) is 5.10. The van der Waals surface area contributed by atoms with Gasteiger partial charge in [0.15, 0.2) is 11.8 Å². The van der Waals surface area contributed by atoms with Gasteiger partial charge in [0.2, 0.25) is 4.77 Å². The number of nitrogen functional groups attached to an aromatic ring is 1. The van der Waals surface area contributed by atoms with Crippen molar-refractivity contribution in [2.75, 3.05) is 19.0 Å². The van der Waals surface area contributed by atoms with E-state index in [1.54, 1.807) is 0 Å². The summed E-state index contributed by atoms with van der Waals surface area (Å²) < 4.78 is 19.5. The third-order valence-corrected chi connectivity index (χ3v) is 3.40. The molecule has 0 spiro atoms. The van der Waals surface area contributed by atoms with E-state index in [2.05, 4.69) is 4.98 Å². The molecule has 2 rings (SSSR count). The number of anilines is 1. The number of ether oxygens (including phenoxy) is 1. The van der Waals surface area contributed by atoms with E-state index in [4.69, 9.17) is 27.8 Å². The zero-order chi connectivity index (χ0) is 14.2. The number of aliphatic hydroxyl groups is 3. The molecule has 0 bridgehead atoms. The molecule has 1 aliphatic rings. The smallest absolute Gasteiger partial charge is 0.203 e. The fraction of sp³-hybridized carbons (Fsp3) is 0.600. The van der Waals surface area contributed by atoms with Crippen molar-refractivity contribution in [2.45, 2.75) is 24.0 Å². The molecule has 19 heavy (non-hydrogen) atoms. The Hall–Kier alpha value is -1.13. The van der Waals surface area contributed by atoms with Crippen LogP contribution in [-0.2, 0) is 4.74 Å². The minimum atomic E-state index is -2.20. The fourth-order valence-corrected chi connectivity index (χ4v) is 2.29. The topological polar surface area (TPSA) is 114 Å². The summed E-state index contributed by atoms with van der Waals surface area (Å²) in [5.74, 6) is 0.169. The average molecular weight is 291 g/mol. The molecular formula is C10H14FN3O4S. The van der Waals surface area contributed by atoms with Crippen LogP contribution >= 0.6 is 12.2 Å². The van der Waals surface area contributed by atoms with Crippen LogP contribution in [0.5, 0.6) is 0 Å². The van der Waals surface area contributed by atoms with Crippen molar-refractivity contribution < 1.29 is 24.4 Å². The van der Waals surface area contributed by atoms with E-state index in [9.17, 15) is 14.6 Å². The van der Waals surface area contributed by atoms with Gasteiger partial charge in [-0.2, -0.15) is 0 Å². The van der Waals surface area contributed by atoms with E-state index in [0.29, 0.717) is 0 Å². The van der Waals surface area contributed by atoms with Gasteiger partial charge in [-0.1, -0.05) is 0 Å². The number of aromatic nitrogens is 2. The summed E-state index contributed by atoms with van der Waals surface area (Å²) in [6, 6.07) is 1.40. The first-order valence-electron chi connectivity index (χ1n) is 5.51. The van der Waals surface area contributed by atoms with Crippen LogP contribution in [0, 0.1) is 4.77 Å². The van der Waals surface area contributed by atoms with E-state index < -0.39 is 37.3 Å². The van der Waals surface area contributed by atoms with E-state index in [1.165, 1.54) is 16.8 Å². The largest absolute Gasteiger partial charge is 0.394 e.